The van der Waals surface area contributed by atoms with Crippen molar-refractivity contribution in [2.45, 2.75) is 56.9 Å². The Balaban J connectivity index is 2.03. The van der Waals surface area contributed by atoms with Crippen LogP contribution >= 0.6 is 0 Å². The van der Waals surface area contributed by atoms with Gasteiger partial charge in [0.2, 0.25) is 5.91 Å². The maximum atomic E-state index is 12.3. The monoisotopic (exact) mass is 269 g/mol. The molecule has 0 radical (unpaired) electrons. The third-order valence-corrected chi connectivity index (χ3v) is 4.67. The van der Waals surface area contributed by atoms with Crippen LogP contribution in [-0.2, 0) is 9.59 Å². The van der Waals surface area contributed by atoms with E-state index in [0.717, 1.165) is 38.5 Å². The Morgan fingerprint density at radius 1 is 1.05 bits per heavy atom. The molecule has 2 atom stereocenters. The number of carbonyl (C=O) groups is 2. The number of carboxylic acid groups (broad SMARTS) is 1. The number of hydrogen-bond donors (Lipinski definition) is 3. The predicted molar refractivity (Wildman–Crippen MR) is 69.5 cm³/mol. The highest BCUT2D eigenvalue weighted by Gasteiger charge is 2.40. The van der Waals surface area contributed by atoms with Gasteiger partial charge in [0.05, 0.1) is 24.0 Å². The van der Waals surface area contributed by atoms with E-state index in [1.54, 1.807) is 0 Å². The maximum absolute atomic E-state index is 12.3. The van der Waals surface area contributed by atoms with Gasteiger partial charge in [-0.25, -0.2) is 0 Å². The first-order valence-electron chi connectivity index (χ1n) is 7.24. The number of aliphatic carboxylic acids is 1. The fourth-order valence-corrected chi connectivity index (χ4v) is 3.47. The first-order valence-corrected chi connectivity index (χ1v) is 7.24. The van der Waals surface area contributed by atoms with E-state index >= 15 is 0 Å². The molecular weight excluding hydrogens is 246 g/mol. The zero-order valence-electron chi connectivity index (χ0n) is 11.2. The molecule has 5 heteroatoms. The Bertz CT molecular complexity index is 349. The lowest BCUT2D eigenvalue weighted by Gasteiger charge is -2.33. The maximum Gasteiger partial charge on any atom is 0.307 e. The summed E-state index contributed by atoms with van der Waals surface area (Å²) in [5, 5.41) is 21.7. The summed E-state index contributed by atoms with van der Waals surface area (Å²) in [5.74, 6) is -2.05. The summed E-state index contributed by atoms with van der Waals surface area (Å²) in [6.07, 6.45) is 6.62. The molecule has 0 aliphatic heterocycles. The van der Waals surface area contributed by atoms with E-state index in [4.69, 9.17) is 0 Å². The molecule has 2 fully saturated rings. The van der Waals surface area contributed by atoms with Crippen molar-refractivity contribution in [2.75, 3.05) is 6.61 Å². The Labute approximate surface area is 113 Å². The van der Waals surface area contributed by atoms with Crippen LogP contribution in [0.2, 0.25) is 0 Å². The molecule has 0 aromatic rings. The summed E-state index contributed by atoms with van der Waals surface area (Å²) in [4.78, 5) is 23.6. The highest BCUT2D eigenvalue weighted by molar-refractivity contribution is 5.85. The third-order valence-electron chi connectivity index (χ3n) is 4.67. The lowest BCUT2D eigenvalue weighted by molar-refractivity contribution is -0.149. The standard InChI is InChI=1S/C14H23NO4/c16-9-14(7-3-4-8-14)15-12(17)10-5-1-2-6-11(10)13(18)19/h10-11,16H,1-9H2,(H,15,17)(H,18,19). The molecule has 2 unspecified atom stereocenters. The van der Waals surface area contributed by atoms with E-state index in [0.29, 0.717) is 12.8 Å². The largest absolute Gasteiger partial charge is 0.481 e. The minimum atomic E-state index is -0.871. The second-order valence-electron chi connectivity index (χ2n) is 5.97. The van der Waals surface area contributed by atoms with Gasteiger partial charge in [-0.15, -0.1) is 0 Å². The van der Waals surface area contributed by atoms with Crippen molar-refractivity contribution < 1.29 is 19.8 Å². The van der Waals surface area contributed by atoms with Crippen molar-refractivity contribution in [1.29, 1.82) is 0 Å². The van der Waals surface area contributed by atoms with Gasteiger partial charge in [-0.05, 0) is 25.7 Å². The molecule has 0 heterocycles. The molecular formula is C14H23NO4. The molecule has 0 aromatic heterocycles. The van der Waals surface area contributed by atoms with Crippen LogP contribution in [0.15, 0.2) is 0 Å². The van der Waals surface area contributed by atoms with Gasteiger partial charge in [-0.3, -0.25) is 9.59 Å². The molecule has 3 N–H and O–H groups in total. The van der Waals surface area contributed by atoms with E-state index < -0.39 is 23.3 Å². The summed E-state index contributed by atoms with van der Waals surface area (Å²) >= 11 is 0. The van der Waals surface area contributed by atoms with Gasteiger partial charge in [0, 0.05) is 0 Å². The molecule has 108 valence electrons. The van der Waals surface area contributed by atoms with Gasteiger partial charge in [0.25, 0.3) is 0 Å². The third kappa shape index (κ3) is 3.08. The van der Waals surface area contributed by atoms with Crippen LogP contribution in [-0.4, -0.2) is 34.2 Å². The Morgan fingerprint density at radius 2 is 1.63 bits per heavy atom. The summed E-state index contributed by atoms with van der Waals surface area (Å²) in [6, 6.07) is 0. The summed E-state index contributed by atoms with van der Waals surface area (Å²) in [7, 11) is 0. The second kappa shape index (κ2) is 5.90. The summed E-state index contributed by atoms with van der Waals surface area (Å²) in [6.45, 7) is -0.0524. The van der Waals surface area contributed by atoms with Gasteiger partial charge < -0.3 is 15.5 Å². The van der Waals surface area contributed by atoms with Crippen LogP contribution in [0.4, 0.5) is 0 Å². The molecule has 5 nitrogen and oxygen atoms in total. The predicted octanol–water partition coefficient (Wildman–Crippen LogP) is 1.30. The quantitative estimate of drug-likeness (QED) is 0.718. The van der Waals surface area contributed by atoms with Gasteiger partial charge in [0.15, 0.2) is 0 Å². The van der Waals surface area contributed by atoms with E-state index in [2.05, 4.69) is 5.32 Å². The van der Waals surface area contributed by atoms with Crippen LogP contribution in [0, 0.1) is 11.8 Å². The number of carbonyl (C=O) groups excluding carboxylic acids is 1. The number of rotatable bonds is 4. The van der Waals surface area contributed by atoms with Crippen molar-refractivity contribution in [3.8, 4) is 0 Å². The van der Waals surface area contributed by atoms with Crippen molar-refractivity contribution in [2.24, 2.45) is 11.8 Å². The van der Waals surface area contributed by atoms with Crippen LogP contribution in [0.5, 0.6) is 0 Å². The minimum Gasteiger partial charge on any atom is -0.481 e. The van der Waals surface area contributed by atoms with Gasteiger partial charge in [-0.2, -0.15) is 0 Å². The highest BCUT2D eigenvalue weighted by Crippen LogP contribution is 2.33. The molecule has 0 bridgehead atoms. The van der Waals surface area contributed by atoms with Crippen LogP contribution in [0.25, 0.3) is 0 Å². The molecule has 2 aliphatic carbocycles. The van der Waals surface area contributed by atoms with Crippen LogP contribution in [0.1, 0.15) is 51.4 Å². The number of nitrogens with one attached hydrogen (secondary N) is 1. The zero-order chi connectivity index (χ0) is 13.9. The van der Waals surface area contributed by atoms with Gasteiger partial charge >= 0.3 is 5.97 Å². The van der Waals surface area contributed by atoms with Crippen LogP contribution < -0.4 is 5.32 Å². The first kappa shape index (κ1) is 14.3. The lowest BCUT2D eigenvalue weighted by Crippen LogP contribution is -2.53. The topological polar surface area (TPSA) is 86.6 Å². The zero-order valence-corrected chi connectivity index (χ0v) is 11.2. The highest BCUT2D eigenvalue weighted by atomic mass is 16.4. The smallest absolute Gasteiger partial charge is 0.307 e. The normalized spacial score (nSPS) is 29.9. The van der Waals surface area contributed by atoms with Crippen molar-refractivity contribution in [1.82, 2.24) is 5.32 Å². The summed E-state index contributed by atoms with van der Waals surface area (Å²) in [5.41, 5.74) is -0.502. The van der Waals surface area contributed by atoms with E-state index in [9.17, 15) is 19.8 Å². The molecule has 2 rings (SSSR count). The average molecular weight is 269 g/mol. The molecule has 1 amide bonds. The van der Waals surface area contributed by atoms with Crippen LogP contribution in [0.3, 0.4) is 0 Å². The van der Waals surface area contributed by atoms with E-state index in [1.165, 1.54) is 0 Å². The van der Waals surface area contributed by atoms with Gasteiger partial charge in [0.1, 0.15) is 0 Å². The van der Waals surface area contributed by atoms with Crippen molar-refractivity contribution in [3.05, 3.63) is 0 Å². The molecule has 0 spiro atoms. The molecule has 0 saturated heterocycles. The molecule has 2 aliphatic rings. The summed E-state index contributed by atoms with van der Waals surface area (Å²) < 4.78 is 0. The van der Waals surface area contributed by atoms with Gasteiger partial charge in [-0.1, -0.05) is 25.7 Å². The molecule has 0 aromatic carbocycles. The SMILES string of the molecule is O=C(O)C1CCCCC1C(=O)NC1(CO)CCCC1. The number of amides is 1. The Morgan fingerprint density at radius 3 is 2.16 bits per heavy atom. The Hall–Kier alpha value is -1.10. The number of hydrogen-bond acceptors (Lipinski definition) is 3. The Kier molecular flexibility index (Phi) is 4.45. The minimum absolute atomic E-state index is 0.0524. The fourth-order valence-electron chi connectivity index (χ4n) is 3.47. The lowest BCUT2D eigenvalue weighted by atomic mass is 9.78. The second-order valence-corrected chi connectivity index (χ2v) is 5.97. The number of carboxylic acids is 1. The number of aliphatic hydroxyl groups excluding tert-OH is 1. The fraction of sp³-hybridized carbons (Fsp3) is 0.857. The molecule has 19 heavy (non-hydrogen) atoms. The van der Waals surface area contributed by atoms with Crippen molar-refractivity contribution in [3.63, 3.8) is 0 Å². The average Bonchev–Trinajstić information content (AvgIpc) is 2.87. The van der Waals surface area contributed by atoms with E-state index in [1.807, 2.05) is 0 Å². The van der Waals surface area contributed by atoms with E-state index in [-0.39, 0.29) is 12.5 Å². The first-order chi connectivity index (χ1) is 9.08. The number of aliphatic hydroxyl groups is 1. The molecule has 2 saturated carbocycles. The van der Waals surface area contributed by atoms with Crippen molar-refractivity contribution >= 4 is 11.9 Å².